The van der Waals surface area contributed by atoms with Crippen LogP contribution in [0.2, 0.25) is 0 Å². The second-order valence-electron chi connectivity index (χ2n) is 9.34. The van der Waals surface area contributed by atoms with E-state index in [1.807, 2.05) is 20.8 Å². The zero-order valence-corrected chi connectivity index (χ0v) is 17.0. The van der Waals surface area contributed by atoms with E-state index in [0.717, 1.165) is 29.7 Å². The summed E-state index contributed by atoms with van der Waals surface area (Å²) in [5.74, 6) is 0.887. The van der Waals surface area contributed by atoms with Crippen LogP contribution in [0.25, 0.3) is 0 Å². The fourth-order valence-electron chi connectivity index (χ4n) is 6.22. The van der Waals surface area contributed by atoms with E-state index in [2.05, 4.69) is 0 Å². The molecule has 1 aromatic rings. The molecule has 5 atom stereocenters. The van der Waals surface area contributed by atoms with Crippen molar-refractivity contribution in [3.63, 3.8) is 0 Å². The minimum absolute atomic E-state index is 0.0246. The van der Waals surface area contributed by atoms with E-state index in [9.17, 15) is 18.3 Å². The van der Waals surface area contributed by atoms with Crippen LogP contribution in [0.15, 0.2) is 17.0 Å². The quantitative estimate of drug-likeness (QED) is 0.833. The molecule has 5 unspecified atom stereocenters. The first-order valence-corrected chi connectivity index (χ1v) is 11.1. The van der Waals surface area contributed by atoms with Gasteiger partial charge in [0, 0.05) is 13.6 Å². The van der Waals surface area contributed by atoms with E-state index in [1.165, 1.54) is 0 Å². The second kappa shape index (κ2) is 5.13. The molecule has 146 valence electrons. The largest absolute Gasteiger partial charge is 0.391 e. The molecule has 2 aliphatic heterocycles. The Labute approximate surface area is 160 Å². The molecule has 6 nitrogen and oxygen atoms in total. The number of carbonyl (C=O) groups is 1. The van der Waals surface area contributed by atoms with E-state index in [-0.39, 0.29) is 22.8 Å². The van der Waals surface area contributed by atoms with E-state index in [1.54, 1.807) is 28.4 Å². The topological polar surface area (TPSA) is 77.9 Å². The molecule has 0 spiro atoms. The summed E-state index contributed by atoms with van der Waals surface area (Å²) in [6.45, 7) is 6.05. The molecule has 7 heteroatoms. The van der Waals surface area contributed by atoms with Gasteiger partial charge in [-0.3, -0.25) is 4.79 Å². The molecule has 2 bridgehead atoms. The van der Waals surface area contributed by atoms with E-state index < -0.39 is 21.5 Å². The van der Waals surface area contributed by atoms with Crippen molar-refractivity contribution in [2.75, 3.05) is 18.5 Å². The number of hydrogen-bond acceptors (Lipinski definition) is 4. The Kier molecular flexibility index (Phi) is 3.35. The highest BCUT2D eigenvalue weighted by Gasteiger charge is 2.61. The van der Waals surface area contributed by atoms with Gasteiger partial charge in [0.1, 0.15) is 0 Å². The molecule has 0 radical (unpaired) electrons. The predicted octanol–water partition coefficient (Wildman–Crippen LogP) is 1.64. The maximum absolute atomic E-state index is 13.5. The number of amides is 1. The average Bonchev–Trinajstić information content (AvgIpc) is 3.25. The van der Waals surface area contributed by atoms with Crippen molar-refractivity contribution < 1.29 is 18.3 Å². The van der Waals surface area contributed by atoms with E-state index in [0.29, 0.717) is 18.4 Å². The number of likely N-dealkylation sites (N-methyl/N-ethyl adjacent to an activating group) is 1. The summed E-state index contributed by atoms with van der Waals surface area (Å²) in [5, 5.41) is 10.6. The fraction of sp³-hybridized carbons (Fsp3) is 0.650. The average molecular weight is 391 g/mol. The number of aliphatic hydroxyl groups is 1. The number of rotatable bonds is 2. The minimum Gasteiger partial charge on any atom is -0.391 e. The number of benzene rings is 1. The van der Waals surface area contributed by atoms with Crippen LogP contribution in [0.5, 0.6) is 0 Å². The van der Waals surface area contributed by atoms with Gasteiger partial charge in [-0.1, -0.05) is 0 Å². The van der Waals surface area contributed by atoms with Crippen LogP contribution in [-0.2, 0) is 20.2 Å². The first-order chi connectivity index (χ1) is 12.5. The van der Waals surface area contributed by atoms with Crippen LogP contribution in [-0.4, -0.2) is 49.5 Å². The molecule has 1 saturated heterocycles. The number of carbonyl (C=O) groups excluding carboxylic acids is 1. The van der Waals surface area contributed by atoms with Crippen molar-refractivity contribution in [1.82, 2.24) is 4.31 Å². The highest BCUT2D eigenvalue weighted by Crippen LogP contribution is 2.56. The second-order valence-corrected chi connectivity index (χ2v) is 11.2. The summed E-state index contributed by atoms with van der Waals surface area (Å²) in [6, 6.07) is 3.07. The van der Waals surface area contributed by atoms with Crippen molar-refractivity contribution in [2.45, 2.75) is 56.1 Å². The number of anilines is 1. The third kappa shape index (κ3) is 2.03. The summed E-state index contributed by atoms with van der Waals surface area (Å²) in [4.78, 5) is 14.5. The van der Waals surface area contributed by atoms with Crippen LogP contribution in [0.4, 0.5) is 5.69 Å². The zero-order valence-electron chi connectivity index (χ0n) is 16.1. The minimum atomic E-state index is -3.72. The van der Waals surface area contributed by atoms with Crippen molar-refractivity contribution in [3.05, 3.63) is 23.3 Å². The molecule has 2 saturated carbocycles. The molecule has 2 heterocycles. The van der Waals surface area contributed by atoms with Gasteiger partial charge in [0.2, 0.25) is 15.9 Å². The number of hydrogen-bond donors (Lipinski definition) is 1. The zero-order chi connectivity index (χ0) is 19.5. The molecule has 4 aliphatic rings. The number of aryl methyl sites for hydroxylation is 1. The first kappa shape index (κ1) is 17.6. The van der Waals surface area contributed by atoms with E-state index >= 15 is 0 Å². The SMILES string of the molecule is Cc1cc(S(=O)(=O)N2CC3CC4CC3C2C4O)cc2c1N(C)C(=O)C2(C)C. The molecule has 1 amide bonds. The summed E-state index contributed by atoms with van der Waals surface area (Å²) in [7, 11) is -1.98. The van der Waals surface area contributed by atoms with Gasteiger partial charge in [-0.15, -0.1) is 0 Å². The van der Waals surface area contributed by atoms with Crippen molar-refractivity contribution in [2.24, 2.45) is 17.8 Å². The van der Waals surface area contributed by atoms with Gasteiger partial charge in [-0.05, 0) is 74.6 Å². The Hall–Kier alpha value is -1.44. The molecule has 5 rings (SSSR count). The van der Waals surface area contributed by atoms with Crippen LogP contribution >= 0.6 is 0 Å². The maximum atomic E-state index is 13.5. The van der Waals surface area contributed by atoms with Crippen LogP contribution in [0.1, 0.15) is 37.8 Å². The molecule has 1 N–H and O–H groups in total. The third-order valence-corrected chi connectivity index (χ3v) is 9.37. The maximum Gasteiger partial charge on any atom is 0.243 e. The van der Waals surface area contributed by atoms with Gasteiger partial charge in [-0.25, -0.2) is 8.42 Å². The van der Waals surface area contributed by atoms with Gasteiger partial charge in [0.15, 0.2) is 0 Å². The lowest BCUT2D eigenvalue weighted by atomic mass is 9.85. The molecule has 0 aromatic heterocycles. The third-order valence-electron chi connectivity index (χ3n) is 7.53. The highest BCUT2D eigenvalue weighted by atomic mass is 32.2. The standard InChI is InChI=1S/C20H26N2O4S/c1-10-5-13(8-15-16(10)21(4)19(24)20(15,2)3)27(25,26)22-9-12-6-11-7-14(12)17(22)18(11)23/h5,8,11-12,14,17-18,23H,6-7,9H2,1-4H3. The Bertz CT molecular complexity index is 968. The van der Waals surface area contributed by atoms with Crippen LogP contribution < -0.4 is 4.90 Å². The number of sulfonamides is 1. The number of fused-ring (bicyclic) bond motifs is 2. The number of nitrogens with zero attached hydrogens (tertiary/aromatic N) is 2. The van der Waals surface area contributed by atoms with Gasteiger partial charge < -0.3 is 10.0 Å². The lowest BCUT2D eigenvalue weighted by Gasteiger charge is -2.28. The lowest BCUT2D eigenvalue weighted by molar-refractivity contribution is -0.121. The monoisotopic (exact) mass is 390 g/mol. The van der Waals surface area contributed by atoms with Gasteiger partial charge >= 0.3 is 0 Å². The lowest BCUT2D eigenvalue weighted by Crippen LogP contribution is -2.43. The molecule has 1 aromatic carbocycles. The van der Waals surface area contributed by atoms with Gasteiger partial charge in [0.25, 0.3) is 0 Å². The molecule has 27 heavy (non-hydrogen) atoms. The summed E-state index contributed by atoms with van der Waals surface area (Å²) in [6.07, 6.45) is 1.32. The van der Waals surface area contributed by atoms with E-state index in [4.69, 9.17) is 0 Å². The molecular weight excluding hydrogens is 364 g/mol. The first-order valence-electron chi connectivity index (χ1n) is 9.68. The van der Waals surface area contributed by atoms with Crippen molar-refractivity contribution in [3.8, 4) is 0 Å². The molecular formula is C20H26N2O4S. The van der Waals surface area contributed by atoms with Gasteiger partial charge in [-0.2, -0.15) is 4.31 Å². The summed E-state index contributed by atoms with van der Waals surface area (Å²) in [5.41, 5.74) is 1.62. The Balaban J connectivity index is 1.61. The highest BCUT2D eigenvalue weighted by molar-refractivity contribution is 7.89. The molecule has 2 aliphatic carbocycles. The summed E-state index contributed by atoms with van der Waals surface area (Å²) < 4.78 is 28.6. The Morgan fingerprint density at radius 2 is 1.89 bits per heavy atom. The van der Waals surface area contributed by atoms with Crippen molar-refractivity contribution in [1.29, 1.82) is 0 Å². The predicted molar refractivity (Wildman–Crippen MR) is 101 cm³/mol. The normalized spacial score (nSPS) is 36.7. The smallest absolute Gasteiger partial charge is 0.243 e. The van der Waals surface area contributed by atoms with Gasteiger partial charge in [0.05, 0.1) is 28.1 Å². The number of aliphatic hydroxyl groups excluding tert-OH is 1. The summed E-state index contributed by atoms with van der Waals surface area (Å²) >= 11 is 0. The van der Waals surface area contributed by atoms with Crippen LogP contribution in [0, 0.1) is 24.7 Å². The van der Waals surface area contributed by atoms with Crippen LogP contribution in [0.3, 0.4) is 0 Å². The van der Waals surface area contributed by atoms with Crippen molar-refractivity contribution >= 4 is 21.6 Å². The fourth-order valence-corrected chi connectivity index (χ4v) is 8.08. The molecule has 3 fully saturated rings. The Morgan fingerprint density at radius 1 is 1.19 bits per heavy atom. The Morgan fingerprint density at radius 3 is 2.56 bits per heavy atom.